The highest BCUT2D eigenvalue weighted by Crippen LogP contribution is 2.20. The molecule has 0 radical (unpaired) electrons. The third kappa shape index (κ3) is 4.08. The minimum atomic E-state index is -1.37. The molecule has 2 nitrogen and oxygen atoms in total. The Balaban J connectivity index is 3.00. The molecule has 0 spiro atoms. The lowest BCUT2D eigenvalue weighted by atomic mass is 10.1. The zero-order valence-electron chi connectivity index (χ0n) is 10.3. The van der Waals surface area contributed by atoms with Gasteiger partial charge in [-0.25, -0.2) is 4.39 Å². The smallest absolute Gasteiger partial charge is 0.144 e. The largest absolute Gasteiger partial charge is 0.591 e. The molecule has 1 unspecified atom stereocenters. The molecule has 5 heteroatoms. The van der Waals surface area contributed by atoms with Crippen LogP contribution in [-0.4, -0.2) is 15.5 Å². The van der Waals surface area contributed by atoms with E-state index in [2.05, 4.69) is 20.3 Å². The Morgan fingerprint density at radius 3 is 2.53 bits per heavy atom. The topological polar surface area (TPSA) is 35.4 Å². The molecule has 0 heterocycles. The normalized spacial score (nSPS) is 14.3. The molecule has 0 amide bonds. The molecule has 17 heavy (non-hydrogen) atoms. The maximum Gasteiger partial charge on any atom is 0.144 e. The summed E-state index contributed by atoms with van der Waals surface area (Å²) in [5.41, 5.74) is 0.872. The van der Waals surface area contributed by atoms with Gasteiger partial charge >= 0.3 is 0 Å². The molecule has 0 N–H and O–H groups in total. The predicted molar refractivity (Wildman–Crippen MR) is 74.3 cm³/mol. The fourth-order valence-electron chi connectivity index (χ4n) is 1.11. The SMILES string of the molecule is Cc1cc(Br)cc(C=N[S+]([O-])C(C)(C)C)c1F. The highest BCUT2D eigenvalue weighted by atomic mass is 79.9. The lowest BCUT2D eigenvalue weighted by molar-refractivity contribution is 0.561. The van der Waals surface area contributed by atoms with Gasteiger partial charge in [0.25, 0.3) is 0 Å². The second-order valence-electron chi connectivity index (χ2n) is 4.72. The molecule has 1 aromatic carbocycles. The molecule has 0 aliphatic rings. The van der Waals surface area contributed by atoms with Crippen LogP contribution in [0.4, 0.5) is 4.39 Å². The summed E-state index contributed by atoms with van der Waals surface area (Å²) in [5.74, 6) is -0.331. The quantitative estimate of drug-likeness (QED) is 0.603. The zero-order chi connectivity index (χ0) is 13.2. The van der Waals surface area contributed by atoms with Crippen LogP contribution in [0.5, 0.6) is 0 Å². The molecule has 0 aliphatic carbocycles. The van der Waals surface area contributed by atoms with E-state index in [1.807, 2.05) is 20.8 Å². The highest BCUT2D eigenvalue weighted by molar-refractivity contribution is 9.10. The lowest BCUT2D eigenvalue weighted by Crippen LogP contribution is -2.25. The van der Waals surface area contributed by atoms with E-state index in [9.17, 15) is 8.94 Å². The summed E-state index contributed by atoms with van der Waals surface area (Å²) in [6.45, 7) is 7.15. The molecular weight excluding hydrogens is 305 g/mol. The van der Waals surface area contributed by atoms with Crippen molar-refractivity contribution in [2.24, 2.45) is 4.40 Å². The molecule has 0 aromatic heterocycles. The van der Waals surface area contributed by atoms with Gasteiger partial charge in [-0.2, -0.15) is 0 Å². The molecule has 0 aliphatic heterocycles. The van der Waals surface area contributed by atoms with Crippen LogP contribution in [0.15, 0.2) is 21.0 Å². The van der Waals surface area contributed by atoms with Gasteiger partial charge in [-0.1, -0.05) is 20.3 Å². The van der Waals surface area contributed by atoms with Gasteiger partial charge in [0, 0.05) is 10.0 Å². The molecule has 0 bridgehead atoms. The van der Waals surface area contributed by atoms with Crippen LogP contribution < -0.4 is 0 Å². The van der Waals surface area contributed by atoms with Gasteiger partial charge in [0.2, 0.25) is 0 Å². The monoisotopic (exact) mass is 319 g/mol. The van der Waals surface area contributed by atoms with Crippen molar-refractivity contribution in [3.8, 4) is 0 Å². The second-order valence-corrected chi connectivity index (χ2v) is 7.57. The molecule has 1 atom stereocenters. The summed E-state index contributed by atoms with van der Waals surface area (Å²) >= 11 is 1.92. The number of rotatable bonds is 2. The van der Waals surface area contributed by atoms with Crippen molar-refractivity contribution in [2.45, 2.75) is 32.4 Å². The third-order valence-electron chi connectivity index (χ3n) is 2.06. The van der Waals surface area contributed by atoms with Gasteiger partial charge in [0.05, 0.1) is 6.21 Å². The molecule has 0 fully saturated rings. The minimum absolute atomic E-state index is 0.331. The molecular formula is C12H15BrFNOS. The molecule has 94 valence electrons. The van der Waals surface area contributed by atoms with Crippen LogP contribution in [0, 0.1) is 12.7 Å². The fourth-order valence-corrected chi connectivity index (χ4v) is 2.22. The summed E-state index contributed by atoms with van der Waals surface area (Å²) in [5, 5.41) is 0. The Bertz CT molecular complexity index is 443. The Kier molecular flexibility index (Phi) is 4.75. The second kappa shape index (κ2) is 5.50. The van der Waals surface area contributed by atoms with Crippen LogP contribution >= 0.6 is 15.9 Å². The van der Waals surface area contributed by atoms with Crippen molar-refractivity contribution in [1.29, 1.82) is 0 Å². The average molecular weight is 320 g/mol. The number of halogens is 2. The number of hydrogen-bond donors (Lipinski definition) is 0. The summed E-state index contributed by atoms with van der Waals surface area (Å²) in [4.78, 5) is 0. The van der Waals surface area contributed by atoms with E-state index in [4.69, 9.17) is 0 Å². The first-order chi connectivity index (χ1) is 7.71. The summed E-state index contributed by atoms with van der Waals surface area (Å²) in [6, 6.07) is 3.30. The predicted octanol–water partition coefficient (Wildman–Crippen LogP) is 3.78. The minimum Gasteiger partial charge on any atom is -0.591 e. The van der Waals surface area contributed by atoms with Crippen LogP contribution in [0.2, 0.25) is 0 Å². The van der Waals surface area contributed by atoms with E-state index in [0.29, 0.717) is 11.1 Å². The van der Waals surface area contributed by atoms with Crippen molar-refractivity contribution in [2.75, 3.05) is 0 Å². The Morgan fingerprint density at radius 1 is 1.41 bits per heavy atom. The number of hydrogen-bond acceptors (Lipinski definition) is 2. The van der Waals surface area contributed by atoms with E-state index in [-0.39, 0.29) is 5.82 Å². The Morgan fingerprint density at radius 2 is 2.00 bits per heavy atom. The van der Waals surface area contributed by atoms with E-state index in [0.717, 1.165) is 4.47 Å². The molecule has 0 saturated heterocycles. The molecule has 0 saturated carbocycles. The first kappa shape index (κ1) is 14.7. The third-order valence-corrected chi connectivity index (χ3v) is 3.86. The summed E-state index contributed by atoms with van der Waals surface area (Å²) < 4.78 is 29.7. The maximum absolute atomic E-state index is 13.7. The van der Waals surface area contributed by atoms with Crippen LogP contribution in [0.25, 0.3) is 0 Å². The Labute approximate surface area is 113 Å². The lowest BCUT2D eigenvalue weighted by Gasteiger charge is -2.17. The van der Waals surface area contributed by atoms with Crippen molar-refractivity contribution < 1.29 is 8.94 Å². The highest BCUT2D eigenvalue weighted by Gasteiger charge is 2.25. The van der Waals surface area contributed by atoms with E-state index in [1.165, 1.54) is 6.21 Å². The first-order valence-electron chi connectivity index (χ1n) is 5.13. The van der Waals surface area contributed by atoms with Crippen molar-refractivity contribution >= 4 is 33.5 Å². The number of nitrogens with zero attached hydrogens (tertiary/aromatic N) is 1. The van der Waals surface area contributed by atoms with Crippen molar-refractivity contribution in [1.82, 2.24) is 0 Å². The zero-order valence-corrected chi connectivity index (χ0v) is 12.7. The van der Waals surface area contributed by atoms with Gasteiger partial charge < -0.3 is 4.55 Å². The van der Waals surface area contributed by atoms with Crippen molar-refractivity contribution in [3.05, 3.63) is 33.5 Å². The molecule has 1 rings (SSSR count). The number of aryl methyl sites for hydroxylation is 1. The van der Waals surface area contributed by atoms with Crippen molar-refractivity contribution in [3.63, 3.8) is 0 Å². The Hall–Kier alpha value is -0.390. The molecule has 1 aromatic rings. The van der Waals surface area contributed by atoms with Gasteiger partial charge in [-0.15, -0.1) is 0 Å². The van der Waals surface area contributed by atoms with Gasteiger partial charge in [0.1, 0.15) is 21.9 Å². The van der Waals surface area contributed by atoms with Gasteiger partial charge in [-0.05, 0) is 45.4 Å². The van der Waals surface area contributed by atoms with Gasteiger partial charge in [0.15, 0.2) is 0 Å². The van der Waals surface area contributed by atoms with Crippen LogP contribution in [-0.2, 0) is 11.4 Å². The van der Waals surface area contributed by atoms with E-state index in [1.54, 1.807) is 19.1 Å². The number of benzene rings is 1. The first-order valence-corrected chi connectivity index (χ1v) is 7.03. The fraction of sp³-hybridized carbons (Fsp3) is 0.417. The van der Waals surface area contributed by atoms with Crippen LogP contribution in [0.1, 0.15) is 31.9 Å². The standard InChI is InChI=1S/C12H15BrFNOS/c1-8-5-10(13)6-9(11(8)14)7-15-17(16)12(2,3)4/h5-7H,1-4H3. The average Bonchev–Trinajstić information content (AvgIpc) is 2.19. The maximum atomic E-state index is 13.7. The van der Waals surface area contributed by atoms with E-state index >= 15 is 0 Å². The van der Waals surface area contributed by atoms with E-state index < -0.39 is 16.1 Å². The summed E-state index contributed by atoms with van der Waals surface area (Å²) in [7, 11) is 0. The summed E-state index contributed by atoms with van der Waals surface area (Å²) in [6.07, 6.45) is 1.33. The van der Waals surface area contributed by atoms with Gasteiger partial charge in [-0.3, -0.25) is 0 Å². The van der Waals surface area contributed by atoms with Crippen LogP contribution in [0.3, 0.4) is 0 Å².